The van der Waals surface area contributed by atoms with E-state index in [2.05, 4.69) is 11.9 Å². The van der Waals surface area contributed by atoms with Crippen LogP contribution in [0.4, 0.5) is 0 Å². The van der Waals surface area contributed by atoms with E-state index in [9.17, 15) is 19.5 Å². The molecule has 8 nitrogen and oxygen atoms in total. The van der Waals surface area contributed by atoms with E-state index in [1.165, 1.54) is 11.6 Å². The van der Waals surface area contributed by atoms with Crippen molar-refractivity contribution in [1.29, 1.82) is 0 Å². The van der Waals surface area contributed by atoms with Crippen LogP contribution < -0.4 is 10.8 Å². The van der Waals surface area contributed by atoms with Crippen molar-refractivity contribution in [2.45, 2.75) is 77.5 Å². The van der Waals surface area contributed by atoms with Crippen molar-refractivity contribution >= 4 is 17.8 Å². The van der Waals surface area contributed by atoms with Crippen LogP contribution in [0, 0.1) is 11.8 Å². The molecule has 1 aliphatic rings. The third-order valence-electron chi connectivity index (χ3n) is 5.37. The lowest BCUT2D eigenvalue weighted by Crippen LogP contribution is -2.56. The van der Waals surface area contributed by atoms with Gasteiger partial charge in [-0.25, -0.2) is 10.3 Å². The molecular formula is C23H36N2O6. The number of carbonyl (C=O) groups is 3. The Kier molecular flexibility index (Phi) is 10.6. The first-order valence-electron chi connectivity index (χ1n) is 10.7. The highest BCUT2D eigenvalue weighted by atomic mass is 16.5. The second-order valence-electron chi connectivity index (χ2n) is 8.46. The van der Waals surface area contributed by atoms with E-state index in [0.29, 0.717) is 5.57 Å². The summed E-state index contributed by atoms with van der Waals surface area (Å²) in [6.45, 7) is 10.3. The summed E-state index contributed by atoms with van der Waals surface area (Å²) >= 11 is 0. The van der Waals surface area contributed by atoms with Crippen LogP contribution >= 0.6 is 0 Å². The fraction of sp³-hybridized carbons (Fsp3) is 0.609. The van der Waals surface area contributed by atoms with Gasteiger partial charge in [0.25, 0.3) is 5.91 Å². The van der Waals surface area contributed by atoms with Crippen molar-refractivity contribution < 1.29 is 29.4 Å². The molecule has 0 aromatic rings. The van der Waals surface area contributed by atoms with Gasteiger partial charge in [0.05, 0.1) is 5.92 Å². The Morgan fingerprint density at radius 2 is 1.87 bits per heavy atom. The molecule has 0 aromatic heterocycles. The molecule has 174 valence electrons. The fourth-order valence-electron chi connectivity index (χ4n) is 3.67. The van der Waals surface area contributed by atoms with Crippen LogP contribution in [-0.4, -0.2) is 45.8 Å². The lowest BCUT2D eigenvalue weighted by molar-refractivity contribution is -0.160. The minimum atomic E-state index is -2.19. The van der Waals surface area contributed by atoms with Crippen LogP contribution in [0.15, 0.2) is 36.5 Å². The highest BCUT2D eigenvalue weighted by Crippen LogP contribution is 2.27. The summed E-state index contributed by atoms with van der Waals surface area (Å²) in [5.41, 5.74) is -0.322. The maximum Gasteiger partial charge on any atom is 0.333 e. The molecule has 1 saturated carbocycles. The Morgan fingerprint density at radius 3 is 2.35 bits per heavy atom. The Labute approximate surface area is 184 Å². The van der Waals surface area contributed by atoms with E-state index < -0.39 is 35.3 Å². The Hall–Kier alpha value is -2.45. The van der Waals surface area contributed by atoms with Gasteiger partial charge in [-0.3, -0.25) is 14.8 Å². The normalized spacial score (nSPS) is 19.0. The number of hydroxylamine groups is 1. The highest BCUT2D eigenvalue weighted by Gasteiger charge is 2.45. The van der Waals surface area contributed by atoms with Gasteiger partial charge in [-0.1, -0.05) is 44.7 Å². The molecule has 1 rings (SSSR count). The van der Waals surface area contributed by atoms with Crippen molar-refractivity contribution in [2.75, 3.05) is 0 Å². The van der Waals surface area contributed by atoms with Crippen molar-refractivity contribution in [1.82, 2.24) is 10.8 Å². The number of amides is 2. The van der Waals surface area contributed by atoms with E-state index in [4.69, 9.17) is 9.94 Å². The lowest BCUT2D eigenvalue weighted by Gasteiger charge is -2.32. The van der Waals surface area contributed by atoms with Crippen molar-refractivity contribution in [3.63, 3.8) is 0 Å². The lowest BCUT2D eigenvalue weighted by atomic mass is 9.81. The summed E-state index contributed by atoms with van der Waals surface area (Å²) < 4.78 is 5.62. The van der Waals surface area contributed by atoms with Crippen molar-refractivity contribution in [3.8, 4) is 0 Å². The number of hydrogen-bond donors (Lipinski definition) is 4. The maximum atomic E-state index is 13.2. The number of aliphatic hydroxyl groups is 1. The number of esters is 1. The number of ether oxygens (including phenoxy) is 1. The Bertz CT molecular complexity index is 705. The topological polar surface area (TPSA) is 125 Å². The summed E-state index contributed by atoms with van der Waals surface area (Å²) in [7, 11) is 0. The summed E-state index contributed by atoms with van der Waals surface area (Å²) in [5, 5.41) is 22.3. The summed E-state index contributed by atoms with van der Waals surface area (Å²) in [6.07, 6.45) is 9.95. The van der Waals surface area contributed by atoms with E-state index in [0.717, 1.165) is 32.6 Å². The van der Waals surface area contributed by atoms with Gasteiger partial charge in [-0.2, -0.15) is 0 Å². The van der Waals surface area contributed by atoms with Gasteiger partial charge < -0.3 is 15.2 Å². The van der Waals surface area contributed by atoms with E-state index >= 15 is 0 Å². The first kappa shape index (κ1) is 26.6. The predicted octanol–water partition coefficient (Wildman–Crippen LogP) is 2.56. The zero-order chi connectivity index (χ0) is 23.6. The molecule has 0 bridgehead atoms. The van der Waals surface area contributed by atoms with Crippen molar-refractivity contribution in [2.24, 2.45) is 11.8 Å². The molecule has 0 aliphatic heterocycles. The Morgan fingerprint density at radius 1 is 1.26 bits per heavy atom. The van der Waals surface area contributed by atoms with Gasteiger partial charge in [0.1, 0.15) is 6.10 Å². The molecule has 0 spiro atoms. The summed E-state index contributed by atoms with van der Waals surface area (Å²) in [6, 6.07) is -1.13. The molecule has 8 heteroatoms. The number of carbonyl (C=O) groups excluding carboxylic acids is 3. The van der Waals surface area contributed by atoms with Crippen LogP contribution in [0.5, 0.6) is 0 Å². The van der Waals surface area contributed by atoms with Crippen LogP contribution in [0.1, 0.15) is 59.8 Å². The van der Waals surface area contributed by atoms with Gasteiger partial charge in [0.15, 0.2) is 11.6 Å². The average molecular weight is 437 g/mol. The van der Waals surface area contributed by atoms with Crippen LogP contribution in [0.2, 0.25) is 0 Å². The van der Waals surface area contributed by atoms with Gasteiger partial charge in [-0.15, -0.1) is 0 Å². The fourth-order valence-corrected chi connectivity index (χ4v) is 3.67. The highest BCUT2D eigenvalue weighted by molar-refractivity contribution is 5.94. The third kappa shape index (κ3) is 7.63. The second kappa shape index (κ2) is 12.4. The summed E-state index contributed by atoms with van der Waals surface area (Å²) in [4.78, 5) is 38.2. The van der Waals surface area contributed by atoms with Gasteiger partial charge in [-0.05, 0) is 57.4 Å². The average Bonchev–Trinajstić information content (AvgIpc) is 3.21. The molecule has 1 fully saturated rings. The van der Waals surface area contributed by atoms with E-state index in [1.54, 1.807) is 25.2 Å². The first-order chi connectivity index (χ1) is 14.6. The summed E-state index contributed by atoms with van der Waals surface area (Å²) in [5.74, 6) is -3.67. The van der Waals surface area contributed by atoms with Crippen LogP contribution in [-0.2, 0) is 19.1 Å². The molecule has 4 N–H and O–H groups in total. The largest absolute Gasteiger partial charge is 0.461 e. The van der Waals surface area contributed by atoms with Gasteiger partial charge in [0, 0.05) is 0 Å². The third-order valence-corrected chi connectivity index (χ3v) is 5.37. The van der Waals surface area contributed by atoms with Gasteiger partial charge in [0.2, 0.25) is 5.91 Å². The minimum Gasteiger partial charge on any atom is -0.461 e. The number of allylic oxidation sites excluding steroid dienone is 3. The molecule has 0 radical (unpaired) electrons. The smallest absolute Gasteiger partial charge is 0.333 e. The number of rotatable bonds is 11. The number of nitrogens with one attached hydrogen (secondary N) is 2. The minimum absolute atomic E-state index is 0.0451. The quantitative estimate of drug-likeness (QED) is 0.171. The molecule has 0 aromatic carbocycles. The van der Waals surface area contributed by atoms with Crippen LogP contribution in [0.25, 0.3) is 0 Å². The molecule has 31 heavy (non-hydrogen) atoms. The second-order valence-corrected chi connectivity index (χ2v) is 8.46. The molecular weight excluding hydrogens is 400 g/mol. The molecule has 0 saturated heterocycles. The molecule has 2 amide bonds. The number of hydrogen-bond acceptors (Lipinski definition) is 6. The first-order valence-corrected chi connectivity index (χ1v) is 10.7. The molecule has 3 atom stereocenters. The molecule has 0 heterocycles. The van der Waals surface area contributed by atoms with Crippen molar-refractivity contribution in [3.05, 3.63) is 36.5 Å². The van der Waals surface area contributed by atoms with E-state index in [1.807, 2.05) is 13.8 Å². The Balaban J connectivity index is 3.24. The van der Waals surface area contributed by atoms with Gasteiger partial charge >= 0.3 is 5.97 Å². The molecule has 1 aliphatic carbocycles. The maximum absolute atomic E-state index is 13.2. The standard InChI is InChI=1S/C23H36N2O6/c1-6-10-16(11-7-2)19(21(27)31-17-12-8-9-13-17)24-20(26)18(14-15(3)4)23(5,29)22(28)25-30/h6-7,10-11,15,17-19,29-30H,1,8-9,12-14H2,2-5H3,(H,24,26)(H,25,28)/b11-7-,16-10+/t18-,19?,23-/m0/s1. The predicted molar refractivity (Wildman–Crippen MR) is 117 cm³/mol. The zero-order valence-electron chi connectivity index (χ0n) is 18.9. The molecule has 1 unspecified atom stereocenters. The zero-order valence-corrected chi connectivity index (χ0v) is 18.9. The SMILES string of the molecule is C=C/C=C(\C=C/C)C(NC(=O)[C@H](CC(C)C)[C@](C)(O)C(=O)NO)C(=O)OC1CCCC1. The van der Waals surface area contributed by atoms with E-state index in [-0.39, 0.29) is 18.4 Å². The monoisotopic (exact) mass is 436 g/mol. The van der Waals surface area contributed by atoms with Crippen LogP contribution in [0.3, 0.4) is 0 Å².